The van der Waals surface area contributed by atoms with Crippen LogP contribution in [0.15, 0.2) is 29.5 Å². The molecule has 2 N–H and O–H groups in total. The van der Waals surface area contributed by atoms with Crippen LogP contribution in [0.25, 0.3) is 0 Å². The fourth-order valence-electron chi connectivity index (χ4n) is 2.52. The molecule has 1 atom stereocenters. The van der Waals surface area contributed by atoms with Crippen molar-refractivity contribution in [2.75, 3.05) is 6.61 Å². The van der Waals surface area contributed by atoms with Crippen LogP contribution in [0.1, 0.15) is 38.3 Å². The molecule has 1 aromatic rings. The van der Waals surface area contributed by atoms with Gasteiger partial charge < -0.3 is 15.4 Å². The van der Waals surface area contributed by atoms with Crippen molar-refractivity contribution in [3.63, 3.8) is 0 Å². The predicted molar refractivity (Wildman–Crippen MR) is 91.6 cm³/mol. The number of benzene rings is 1. The van der Waals surface area contributed by atoms with Crippen molar-refractivity contribution >= 4 is 34.9 Å². The summed E-state index contributed by atoms with van der Waals surface area (Å²) in [4.78, 5) is 12.4. The molecule has 7 heteroatoms. The van der Waals surface area contributed by atoms with Crippen LogP contribution in [0.3, 0.4) is 0 Å². The number of rotatable bonds is 5. The molecule has 0 fully saturated rings. The second kappa shape index (κ2) is 7.75. The van der Waals surface area contributed by atoms with Gasteiger partial charge in [-0.3, -0.25) is 0 Å². The van der Waals surface area contributed by atoms with Gasteiger partial charge in [0.15, 0.2) is 5.11 Å². The Morgan fingerprint density at radius 1 is 1.43 bits per heavy atom. The Balaban J connectivity index is 2.60. The molecule has 2 rings (SSSR count). The summed E-state index contributed by atoms with van der Waals surface area (Å²) >= 11 is 11.4. The van der Waals surface area contributed by atoms with Crippen LogP contribution >= 0.6 is 23.8 Å². The van der Waals surface area contributed by atoms with Gasteiger partial charge in [0, 0.05) is 16.3 Å². The minimum absolute atomic E-state index is 0.190. The normalized spacial score (nSPS) is 17.6. The molecule has 0 saturated carbocycles. The van der Waals surface area contributed by atoms with Crippen molar-refractivity contribution in [1.29, 1.82) is 0 Å². The summed E-state index contributed by atoms with van der Waals surface area (Å²) in [6, 6.07) is 3.62. The Morgan fingerprint density at radius 3 is 2.78 bits per heavy atom. The molecule has 1 aliphatic rings. The van der Waals surface area contributed by atoms with Crippen LogP contribution in [0.2, 0.25) is 5.02 Å². The zero-order chi connectivity index (χ0) is 17.0. The minimum Gasteiger partial charge on any atom is -0.463 e. The van der Waals surface area contributed by atoms with Gasteiger partial charge in [0.2, 0.25) is 0 Å². The van der Waals surface area contributed by atoms with E-state index in [4.69, 9.17) is 28.6 Å². The fraction of sp³-hybridized carbons (Fsp3) is 0.375. The second-order valence-electron chi connectivity index (χ2n) is 5.03. The number of hydrogen-bond acceptors (Lipinski definition) is 3. The standard InChI is InChI=1S/C16H18ClFN2O2S/c1-3-6-11-13(15(21)22-4-2)14(20-16(23)19-11)12-9(17)7-5-8-10(12)18/h5,7-8,14H,3-4,6H2,1-2H3,(H2,19,20,23). The molecule has 0 spiro atoms. The lowest BCUT2D eigenvalue weighted by Crippen LogP contribution is -2.46. The van der Waals surface area contributed by atoms with E-state index >= 15 is 0 Å². The lowest BCUT2D eigenvalue weighted by atomic mass is 9.93. The number of nitrogens with one attached hydrogen (secondary N) is 2. The maximum atomic E-state index is 14.3. The van der Waals surface area contributed by atoms with Crippen molar-refractivity contribution in [2.45, 2.75) is 32.7 Å². The molecule has 0 bridgehead atoms. The summed E-state index contributed by atoms with van der Waals surface area (Å²) in [7, 11) is 0. The molecule has 0 aliphatic carbocycles. The van der Waals surface area contributed by atoms with Gasteiger partial charge in [0.25, 0.3) is 0 Å². The lowest BCUT2D eigenvalue weighted by Gasteiger charge is -2.31. The van der Waals surface area contributed by atoms with Crippen LogP contribution in [0.5, 0.6) is 0 Å². The summed E-state index contributed by atoms with van der Waals surface area (Å²) < 4.78 is 19.5. The number of carbonyl (C=O) groups is 1. The Morgan fingerprint density at radius 2 is 2.17 bits per heavy atom. The molecule has 0 saturated heterocycles. The third kappa shape index (κ3) is 3.82. The van der Waals surface area contributed by atoms with Crippen molar-refractivity contribution in [3.8, 4) is 0 Å². The molecule has 124 valence electrons. The van der Waals surface area contributed by atoms with Crippen LogP contribution in [-0.2, 0) is 9.53 Å². The maximum Gasteiger partial charge on any atom is 0.338 e. The molecule has 0 amide bonds. The summed E-state index contributed by atoms with van der Waals surface area (Å²) in [5.74, 6) is -1.01. The Labute approximate surface area is 145 Å². The van der Waals surface area contributed by atoms with E-state index < -0.39 is 17.8 Å². The van der Waals surface area contributed by atoms with Crippen molar-refractivity contribution in [2.24, 2.45) is 0 Å². The number of carbonyl (C=O) groups excluding carboxylic acids is 1. The molecule has 1 unspecified atom stereocenters. The third-order valence-corrected chi connectivity index (χ3v) is 3.99. The molecule has 1 aliphatic heterocycles. The number of thiocarbonyl (C=S) groups is 1. The van der Waals surface area contributed by atoms with Crippen molar-refractivity contribution in [3.05, 3.63) is 45.9 Å². The fourth-order valence-corrected chi connectivity index (χ4v) is 3.03. The van der Waals surface area contributed by atoms with Crippen LogP contribution < -0.4 is 10.6 Å². The lowest BCUT2D eigenvalue weighted by molar-refractivity contribution is -0.139. The van der Waals surface area contributed by atoms with Gasteiger partial charge in [-0.1, -0.05) is 31.0 Å². The van der Waals surface area contributed by atoms with E-state index in [1.165, 1.54) is 12.1 Å². The molecule has 1 heterocycles. The highest BCUT2D eigenvalue weighted by molar-refractivity contribution is 7.80. The van der Waals surface area contributed by atoms with Crippen LogP contribution in [0, 0.1) is 5.82 Å². The number of ether oxygens (including phenoxy) is 1. The zero-order valence-corrected chi connectivity index (χ0v) is 14.5. The zero-order valence-electron chi connectivity index (χ0n) is 12.9. The van der Waals surface area contributed by atoms with E-state index in [9.17, 15) is 9.18 Å². The summed E-state index contributed by atoms with van der Waals surface area (Å²) in [6.07, 6.45) is 1.39. The third-order valence-electron chi connectivity index (χ3n) is 3.44. The largest absolute Gasteiger partial charge is 0.463 e. The quantitative estimate of drug-likeness (QED) is 0.623. The van der Waals surface area contributed by atoms with Gasteiger partial charge in [-0.2, -0.15) is 0 Å². The average molecular weight is 357 g/mol. The van der Waals surface area contributed by atoms with Gasteiger partial charge in [-0.15, -0.1) is 0 Å². The molecule has 0 aromatic heterocycles. The topological polar surface area (TPSA) is 50.4 Å². The minimum atomic E-state index is -0.780. The summed E-state index contributed by atoms with van der Waals surface area (Å²) in [6.45, 7) is 3.93. The average Bonchev–Trinajstić information content (AvgIpc) is 2.47. The first kappa shape index (κ1) is 17.7. The highest BCUT2D eigenvalue weighted by Gasteiger charge is 2.34. The Kier molecular flexibility index (Phi) is 5.96. The molecule has 1 aromatic carbocycles. The van der Waals surface area contributed by atoms with Gasteiger partial charge in [0.1, 0.15) is 5.82 Å². The van der Waals surface area contributed by atoms with Gasteiger partial charge in [-0.25, -0.2) is 9.18 Å². The van der Waals surface area contributed by atoms with E-state index in [1.807, 2.05) is 6.92 Å². The first-order valence-electron chi connectivity index (χ1n) is 7.41. The monoisotopic (exact) mass is 356 g/mol. The van der Waals surface area contributed by atoms with Crippen LogP contribution in [-0.4, -0.2) is 17.7 Å². The summed E-state index contributed by atoms with van der Waals surface area (Å²) in [5, 5.41) is 6.46. The van der Waals surface area contributed by atoms with E-state index in [0.717, 1.165) is 6.42 Å². The SMILES string of the molecule is CCCC1=C(C(=O)OCC)C(c2c(F)cccc2Cl)NC(=S)N1. The van der Waals surface area contributed by atoms with Gasteiger partial charge >= 0.3 is 5.97 Å². The smallest absolute Gasteiger partial charge is 0.338 e. The predicted octanol–water partition coefficient (Wildman–Crippen LogP) is 3.62. The maximum absolute atomic E-state index is 14.3. The number of esters is 1. The highest BCUT2D eigenvalue weighted by atomic mass is 35.5. The first-order valence-corrected chi connectivity index (χ1v) is 8.19. The molecular weight excluding hydrogens is 339 g/mol. The number of halogens is 2. The molecule has 4 nitrogen and oxygen atoms in total. The molecule has 23 heavy (non-hydrogen) atoms. The van der Waals surface area contributed by atoms with Crippen LogP contribution in [0.4, 0.5) is 4.39 Å². The Hall–Kier alpha value is -1.66. The van der Waals surface area contributed by atoms with Gasteiger partial charge in [0.05, 0.1) is 18.2 Å². The van der Waals surface area contributed by atoms with Crippen molar-refractivity contribution < 1.29 is 13.9 Å². The molecular formula is C16H18ClFN2O2S. The molecule has 0 radical (unpaired) electrons. The summed E-state index contributed by atoms with van der Waals surface area (Å²) in [5.41, 5.74) is 1.14. The Bertz CT molecular complexity index is 643. The van der Waals surface area contributed by atoms with E-state index in [0.29, 0.717) is 22.8 Å². The van der Waals surface area contributed by atoms with E-state index in [-0.39, 0.29) is 17.2 Å². The van der Waals surface area contributed by atoms with E-state index in [2.05, 4.69) is 10.6 Å². The van der Waals surface area contributed by atoms with Crippen molar-refractivity contribution in [1.82, 2.24) is 10.6 Å². The van der Waals surface area contributed by atoms with Gasteiger partial charge in [-0.05, 0) is 37.7 Å². The highest BCUT2D eigenvalue weighted by Crippen LogP contribution is 2.34. The van der Waals surface area contributed by atoms with E-state index in [1.54, 1.807) is 13.0 Å². The second-order valence-corrected chi connectivity index (χ2v) is 5.84. The first-order chi connectivity index (χ1) is 11.0. The number of allylic oxidation sites excluding steroid dienone is 1. The number of hydrogen-bond donors (Lipinski definition) is 2.